The van der Waals surface area contributed by atoms with Crippen LogP contribution in [0.25, 0.3) is 0 Å². The second kappa shape index (κ2) is 7.14. The number of nitrogens with zero attached hydrogens (tertiary/aromatic N) is 3. The maximum absolute atomic E-state index is 13.3. The number of anilines is 3. The molecule has 0 saturated carbocycles. The molecule has 2 heterocycles. The van der Waals surface area contributed by atoms with Gasteiger partial charge in [0.1, 0.15) is 17.5 Å². The first-order valence-electron chi connectivity index (χ1n) is 9.01. The highest BCUT2D eigenvalue weighted by atomic mass is 19.4. The third-order valence-corrected chi connectivity index (χ3v) is 4.77. The molecule has 1 N–H and O–H groups in total. The Labute approximate surface area is 161 Å². The van der Waals surface area contributed by atoms with Gasteiger partial charge in [0.25, 0.3) is 0 Å². The van der Waals surface area contributed by atoms with E-state index >= 15 is 0 Å². The Morgan fingerprint density at radius 3 is 2.46 bits per heavy atom. The molecule has 4 nitrogen and oxygen atoms in total. The van der Waals surface area contributed by atoms with Gasteiger partial charge >= 0.3 is 6.18 Å². The number of para-hydroxylation sites is 1. The summed E-state index contributed by atoms with van der Waals surface area (Å²) in [6, 6.07) is 15.3. The number of nitrogens with one attached hydrogen (secondary N) is 1. The number of halogens is 3. The number of aryl methyl sites for hydroxylation is 1. The molecule has 0 radical (unpaired) electrons. The third-order valence-electron chi connectivity index (χ3n) is 4.77. The van der Waals surface area contributed by atoms with Crippen molar-refractivity contribution in [3.8, 4) is 0 Å². The molecule has 0 spiro atoms. The molecule has 0 atom stereocenters. The minimum Gasteiger partial charge on any atom is -0.352 e. The van der Waals surface area contributed by atoms with Crippen LogP contribution < -0.4 is 10.2 Å². The number of hydrogen-bond donors (Lipinski definition) is 1. The fourth-order valence-corrected chi connectivity index (χ4v) is 3.45. The van der Waals surface area contributed by atoms with E-state index in [1.54, 1.807) is 19.1 Å². The van der Waals surface area contributed by atoms with Gasteiger partial charge in [0.15, 0.2) is 0 Å². The zero-order chi connectivity index (χ0) is 19.7. The average Bonchev–Trinajstić information content (AvgIpc) is 2.67. The molecule has 144 valence electrons. The molecule has 1 aliphatic rings. The van der Waals surface area contributed by atoms with E-state index in [0.29, 0.717) is 24.0 Å². The second-order valence-corrected chi connectivity index (χ2v) is 6.77. The van der Waals surface area contributed by atoms with Crippen molar-refractivity contribution in [3.63, 3.8) is 0 Å². The Hall–Kier alpha value is -3.09. The maximum Gasteiger partial charge on any atom is 0.418 e. The summed E-state index contributed by atoms with van der Waals surface area (Å²) in [5.74, 6) is 1.55. The van der Waals surface area contributed by atoms with Crippen molar-refractivity contribution in [2.45, 2.75) is 26.1 Å². The average molecular weight is 384 g/mol. The van der Waals surface area contributed by atoms with Crippen molar-refractivity contribution in [2.24, 2.45) is 0 Å². The molecule has 1 aliphatic heterocycles. The van der Waals surface area contributed by atoms with Gasteiger partial charge in [-0.15, -0.1) is 0 Å². The molecule has 0 bridgehead atoms. The van der Waals surface area contributed by atoms with Gasteiger partial charge in [-0.3, -0.25) is 0 Å². The number of benzene rings is 2. The summed E-state index contributed by atoms with van der Waals surface area (Å²) in [6.45, 7) is 3.25. The van der Waals surface area contributed by atoms with Gasteiger partial charge in [-0.05, 0) is 36.6 Å². The van der Waals surface area contributed by atoms with Crippen LogP contribution >= 0.6 is 0 Å². The van der Waals surface area contributed by atoms with Gasteiger partial charge in [-0.2, -0.15) is 13.2 Å². The number of aromatic nitrogens is 2. The Morgan fingerprint density at radius 1 is 0.964 bits per heavy atom. The van der Waals surface area contributed by atoms with Crippen molar-refractivity contribution in [2.75, 3.05) is 16.8 Å². The van der Waals surface area contributed by atoms with Crippen LogP contribution in [0.4, 0.5) is 30.5 Å². The van der Waals surface area contributed by atoms with E-state index in [-0.39, 0.29) is 5.69 Å². The summed E-state index contributed by atoms with van der Waals surface area (Å²) in [5.41, 5.74) is 1.81. The van der Waals surface area contributed by atoms with Crippen molar-refractivity contribution >= 4 is 17.3 Å². The van der Waals surface area contributed by atoms with Gasteiger partial charge < -0.3 is 10.2 Å². The van der Waals surface area contributed by atoms with Crippen molar-refractivity contribution in [1.82, 2.24) is 9.97 Å². The highest BCUT2D eigenvalue weighted by Gasteiger charge is 2.33. The molecule has 0 amide bonds. The van der Waals surface area contributed by atoms with Crippen LogP contribution in [0.5, 0.6) is 0 Å². The Kier molecular flexibility index (Phi) is 4.66. The third kappa shape index (κ3) is 3.78. The highest BCUT2D eigenvalue weighted by molar-refractivity contribution is 5.64. The van der Waals surface area contributed by atoms with Gasteiger partial charge in [0, 0.05) is 19.2 Å². The van der Waals surface area contributed by atoms with Crippen LogP contribution in [-0.2, 0) is 19.1 Å². The summed E-state index contributed by atoms with van der Waals surface area (Å²) in [7, 11) is 0. The minimum atomic E-state index is -4.44. The first-order valence-corrected chi connectivity index (χ1v) is 9.01. The normalized spacial score (nSPS) is 13.9. The Balaban J connectivity index is 1.63. The number of fused-ring (bicyclic) bond motifs is 1. The minimum absolute atomic E-state index is 0.0250. The van der Waals surface area contributed by atoms with Crippen molar-refractivity contribution < 1.29 is 13.2 Å². The van der Waals surface area contributed by atoms with E-state index in [1.807, 2.05) is 12.1 Å². The monoisotopic (exact) mass is 384 g/mol. The number of rotatable bonds is 3. The predicted octanol–water partition coefficient (Wildman–Crippen LogP) is 5.11. The van der Waals surface area contributed by atoms with Crippen LogP contribution in [0, 0.1) is 6.92 Å². The summed E-state index contributed by atoms with van der Waals surface area (Å²) >= 11 is 0. The molecule has 3 aromatic rings. The van der Waals surface area contributed by atoms with Gasteiger partial charge in [-0.1, -0.05) is 36.4 Å². The summed E-state index contributed by atoms with van der Waals surface area (Å²) in [4.78, 5) is 10.9. The van der Waals surface area contributed by atoms with Crippen LogP contribution in [0.2, 0.25) is 0 Å². The molecule has 0 unspecified atom stereocenters. The zero-order valence-corrected chi connectivity index (χ0v) is 15.3. The number of hydrogen-bond acceptors (Lipinski definition) is 4. The second-order valence-electron chi connectivity index (χ2n) is 6.77. The lowest BCUT2D eigenvalue weighted by Gasteiger charge is -2.30. The molecule has 28 heavy (non-hydrogen) atoms. The molecular weight excluding hydrogens is 365 g/mol. The summed E-state index contributed by atoms with van der Waals surface area (Å²) < 4.78 is 39.8. The first kappa shape index (κ1) is 18.3. The topological polar surface area (TPSA) is 41.1 Å². The largest absolute Gasteiger partial charge is 0.418 e. The van der Waals surface area contributed by atoms with Gasteiger partial charge in [-0.25, -0.2) is 9.97 Å². The lowest BCUT2D eigenvalue weighted by molar-refractivity contribution is -0.136. The standard InChI is InChI=1S/C21H19F3N4/c1-14-25-19(27-18-9-5-4-8-17(18)21(22,23)24)12-20(26-14)28-11-10-15-6-2-3-7-16(15)13-28/h2-9,12H,10-11,13H2,1H3,(H,25,26,27). The van der Waals surface area contributed by atoms with E-state index in [0.717, 1.165) is 19.0 Å². The van der Waals surface area contributed by atoms with E-state index in [4.69, 9.17) is 0 Å². The van der Waals surface area contributed by atoms with Crippen molar-refractivity contribution in [3.05, 3.63) is 77.1 Å². The van der Waals surface area contributed by atoms with Crippen LogP contribution in [0.3, 0.4) is 0 Å². The molecule has 1 aromatic heterocycles. The molecular formula is C21H19F3N4. The SMILES string of the molecule is Cc1nc(Nc2ccccc2C(F)(F)F)cc(N2CCc3ccccc3C2)n1. The predicted molar refractivity (Wildman–Crippen MR) is 103 cm³/mol. The first-order chi connectivity index (χ1) is 13.4. The van der Waals surface area contributed by atoms with Crippen LogP contribution in [-0.4, -0.2) is 16.5 Å². The molecule has 4 rings (SSSR count). The van der Waals surface area contributed by atoms with E-state index in [2.05, 4.69) is 32.3 Å². The van der Waals surface area contributed by atoms with E-state index in [9.17, 15) is 13.2 Å². The lowest BCUT2D eigenvalue weighted by Crippen LogP contribution is -2.31. The summed E-state index contributed by atoms with van der Waals surface area (Å²) in [5, 5.41) is 2.82. The molecule has 2 aromatic carbocycles. The quantitative estimate of drug-likeness (QED) is 0.681. The molecule has 0 aliphatic carbocycles. The fraction of sp³-hybridized carbons (Fsp3) is 0.238. The fourth-order valence-electron chi connectivity index (χ4n) is 3.45. The van der Waals surface area contributed by atoms with E-state index in [1.165, 1.54) is 23.3 Å². The highest BCUT2D eigenvalue weighted by Crippen LogP contribution is 2.36. The van der Waals surface area contributed by atoms with Gasteiger partial charge in [0.2, 0.25) is 0 Å². The maximum atomic E-state index is 13.3. The molecule has 0 fully saturated rings. The van der Waals surface area contributed by atoms with Crippen LogP contribution in [0.15, 0.2) is 54.6 Å². The number of alkyl halides is 3. The lowest BCUT2D eigenvalue weighted by atomic mass is 10.00. The zero-order valence-electron chi connectivity index (χ0n) is 15.3. The Morgan fingerprint density at radius 2 is 1.68 bits per heavy atom. The smallest absolute Gasteiger partial charge is 0.352 e. The summed E-state index contributed by atoms with van der Waals surface area (Å²) in [6.07, 6.45) is -3.54. The van der Waals surface area contributed by atoms with Gasteiger partial charge in [0.05, 0.1) is 11.3 Å². The molecule has 0 saturated heterocycles. The van der Waals surface area contributed by atoms with Crippen LogP contribution in [0.1, 0.15) is 22.5 Å². The Bertz CT molecular complexity index is 1000. The van der Waals surface area contributed by atoms with E-state index < -0.39 is 11.7 Å². The molecule has 7 heteroatoms. The van der Waals surface area contributed by atoms with Crippen molar-refractivity contribution in [1.29, 1.82) is 0 Å².